The summed E-state index contributed by atoms with van der Waals surface area (Å²) in [5.74, 6) is -0.405. The van der Waals surface area contributed by atoms with Gasteiger partial charge in [-0.3, -0.25) is 0 Å². The van der Waals surface area contributed by atoms with Crippen molar-refractivity contribution in [3.8, 4) is 0 Å². The molecule has 0 bridgehead atoms. The van der Waals surface area contributed by atoms with E-state index in [-0.39, 0.29) is 5.92 Å². The smallest absolute Gasteiger partial charge is 0.111 e. The number of aliphatic hydroxyl groups excluding tert-OH is 6. The lowest BCUT2D eigenvalue weighted by Gasteiger charge is -2.35. The molecule has 0 radical (unpaired) electrons. The van der Waals surface area contributed by atoms with Gasteiger partial charge in [0.2, 0.25) is 0 Å². The molecular formula is C26H38O6. The molecule has 0 saturated heterocycles. The van der Waals surface area contributed by atoms with E-state index in [1.165, 1.54) is 11.1 Å². The quantitative estimate of drug-likeness (QED) is 0.294. The van der Waals surface area contributed by atoms with Crippen molar-refractivity contribution in [2.45, 2.75) is 70.6 Å². The van der Waals surface area contributed by atoms with Crippen LogP contribution in [0.4, 0.5) is 0 Å². The summed E-state index contributed by atoms with van der Waals surface area (Å²) in [5, 5.41) is 60.6. The molecule has 0 saturated carbocycles. The Morgan fingerprint density at radius 1 is 0.719 bits per heavy atom. The van der Waals surface area contributed by atoms with Crippen molar-refractivity contribution in [1.82, 2.24) is 0 Å². The van der Waals surface area contributed by atoms with E-state index in [0.717, 1.165) is 24.0 Å². The van der Waals surface area contributed by atoms with Crippen molar-refractivity contribution in [2.24, 2.45) is 11.8 Å². The maximum Gasteiger partial charge on any atom is 0.111 e. The van der Waals surface area contributed by atoms with Crippen LogP contribution in [0.5, 0.6) is 0 Å². The third-order valence-electron chi connectivity index (χ3n) is 6.33. The van der Waals surface area contributed by atoms with Crippen LogP contribution in [-0.4, -0.2) is 67.8 Å². The summed E-state index contributed by atoms with van der Waals surface area (Å²) < 4.78 is 0. The lowest BCUT2D eigenvalue weighted by molar-refractivity contribution is -0.152. The molecule has 0 aliphatic rings. The monoisotopic (exact) mass is 446 g/mol. The van der Waals surface area contributed by atoms with Crippen molar-refractivity contribution >= 4 is 0 Å². The van der Waals surface area contributed by atoms with Crippen LogP contribution in [-0.2, 0) is 12.8 Å². The lowest BCUT2D eigenvalue weighted by atomic mass is 9.77. The molecule has 7 atom stereocenters. The molecular weight excluding hydrogens is 408 g/mol. The van der Waals surface area contributed by atoms with Crippen LogP contribution in [0.3, 0.4) is 0 Å². The van der Waals surface area contributed by atoms with E-state index in [9.17, 15) is 25.5 Å². The third kappa shape index (κ3) is 7.37. The summed E-state index contributed by atoms with van der Waals surface area (Å²) in [6.45, 7) is 5.28. The average Bonchev–Trinajstić information content (AvgIpc) is 2.78. The SMILES string of the molecule is Cc1cccc(CCC(C)C(Cc2cccc(C)c2)C(O)[C@@H](O)[C@@H](O)[C@H](O)[C@@H](O)CO)c1. The van der Waals surface area contributed by atoms with Gasteiger partial charge in [-0.05, 0) is 56.1 Å². The molecule has 0 heterocycles. The third-order valence-corrected chi connectivity index (χ3v) is 6.33. The van der Waals surface area contributed by atoms with Crippen LogP contribution >= 0.6 is 0 Å². The van der Waals surface area contributed by atoms with Gasteiger partial charge in [0.15, 0.2) is 0 Å². The first-order valence-corrected chi connectivity index (χ1v) is 11.3. The Morgan fingerprint density at radius 3 is 1.81 bits per heavy atom. The second-order valence-electron chi connectivity index (χ2n) is 9.07. The zero-order valence-corrected chi connectivity index (χ0v) is 19.2. The fraction of sp³-hybridized carbons (Fsp3) is 0.538. The summed E-state index contributed by atoms with van der Waals surface area (Å²) in [5.41, 5.74) is 4.48. The van der Waals surface area contributed by atoms with Crippen molar-refractivity contribution in [2.75, 3.05) is 6.61 Å². The van der Waals surface area contributed by atoms with Gasteiger partial charge < -0.3 is 30.6 Å². The molecule has 0 aliphatic heterocycles. The van der Waals surface area contributed by atoms with E-state index < -0.39 is 43.0 Å². The Balaban J connectivity index is 2.20. The zero-order chi connectivity index (χ0) is 23.8. The molecule has 0 fully saturated rings. The van der Waals surface area contributed by atoms with Gasteiger partial charge in [0.05, 0.1) is 12.7 Å². The molecule has 0 spiro atoms. The Morgan fingerprint density at radius 2 is 1.25 bits per heavy atom. The van der Waals surface area contributed by atoms with E-state index in [1.807, 2.05) is 57.2 Å². The second kappa shape index (κ2) is 12.4. The van der Waals surface area contributed by atoms with Crippen molar-refractivity contribution < 1.29 is 30.6 Å². The van der Waals surface area contributed by atoms with Crippen molar-refractivity contribution in [3.05, 3.63) is 70.8 Å². The fourth-order valence-electron chi connectivity index (χ4n) is 4.24. The number of hydrogen-bond donors (Lipinski definition) is 6. The van der Waals surface area contributed by atoms with Gasteiger partial charge in [-0.2, -0.15) is 0 Å². The summed E-state index contributed by atoms with van der Waals surface area (Å²) in [7, 11) is 0. The zero-order valence-electron chi connectivity index (χ0n) is 19.2. The molecule has 2 aromatic rings. The van der Waals surface area contributed by atoms with Gasteiger partial charge >= 0.3 is 0 Å². The maximum absolute atomic E-state index is 11.0. The van der Waals surface area contributed by atoms with Gasteiger partial charge in [-0.1, -0.05) is 66.6 Å². The number of hydrogen-bond acceptors (Lipinski definition) is 6. The predicted molar refractivity (Wildman–Crippen MR) is 124 cm³/mol. The highest BCUT2D eigenvalue weighted by Crippen LogP contribution is 2.29. The van der Waals surface area contributed by atoms with Crippen LogP contribution in [0.15, 0.2) is 48.5 Å². The van der Waals surface area contributed by atoms with E-state index >= 15 is 0 Å². The van der Waals surface area contributed by atoms with E-state index in [2.05, 4.69) is 12.1 Å². The molecule has 178 valence electrons. The molecule has 2 rings (SSSR count). The van der Waals surface area contributed by atoms with E-state index in [0.29, 0.717) is 6.42 Å². The molecule has 6 heteroatoms. The minimum atomic E-state index is -1.80. The molecule has 6 N–H and O–H groups in total. The molecule has 2 aromatic carbocycles. The molecule has 32 heavy (non-hydrogen) atoms. The number of rotatable bonds is 12. The van der Waals surface area contributed by atoms with E-state index in [1.54, 1.807) is 0 Å². The largest absolute Gasteiger partial charge is 0.394 e. The van der Waals surface area contributed by atoms with Gasteiger partial charge in [-0.25, -0.2) is 0 Å². The minimum absolute atomic E-state index is 0.00668. The van der Waals surface area contributed by atoms with Gasteiger partial charge in [0.1, 0.15) is 24.4 Å². The Kier molecular flexibility index (Phi) is 10.3. The van der Waals surface area contributed by atoms with Crippen LogP contribution in [0.1, 0.15) is 35.6 Å². The Labute approximate surface area is 190 Å². The lowest BCUT2D eigenvalue weighted by Crippen LogP contribution is -2.52. The summed E-state index contributed by atoms with van der Waals surface area (Å²) in [4.78, 5) is 0. The number of aliphatic hydroxyl groups is 6. The summed E-state index contributed by atoms with van der Waals surface area (Å²) in [6.07, 6.45) is -6.13. The molecule has 3 unspecified atom stereocenters. The Hall–Kier alpha value is -1.80. The van der Waals surface area contributed by atoms with Gasteiger partial charge in [0.25, 0.3) is 0 Å². The molecule has 6 nitrogen and oxygen atoms in total. The molecule has 0 aromatic heterocycles. The van der Waals surface area contributed by atoms with Crippen molar-refractivity contribution in [1.29, 1.82) is 0 Å². The van der Waals surface area contributed by atoms with Crippen LogP contribution in [0.2, 0.25) is 0 Å². The standard InChI is InChI=1S/C26H38O6/c1-16-6-4-8-19(12-16)11-10-18(3)21(14-20-9-5-7-17(2)13-20)23(29)25(31)26(32)24(30)22(28)15-27/h4-9,12-13,18,21-32H,10-11,14-15H2,1-3H3/t18?,21?,22-,23?,24+,25+,26-/m0/s1. The first kappa shape index (κ1) is 26.5. The van der Waals surface area contributed by atoms with Gasteiger partial charge in [-0.15, -0.1) is 0 Å². The summed E-state index contributed by atoms with van der Waals surface area (Å²) in [6, 6.07) is 16.2. The number of aryl methyl sites for hydroxylation is 3. The minimum Gasteiger partial charge on any atom is -0.394 e. The van der Waals surface area contributed by atoms with Crippen LogP contribution in [0.25, 0.3) is 0 Å². The highest BCUT2D eigenvalue weighted by atomic mass is 16.4. The Bertz CT molecular complexity index is 825. The van der Waals surface area contributed by atoms with E-state index in [4.69, 9.17) is 5.11 Å². The fourth-order valence-corrected chi connectivity index (χ4v) is 4.24. The van der Waals surface area contributed by atoms with Gasteiger partial charge in [0, 0.05) is 0 Å². The topological polar surface area (TPSA) is 121 Å². The van der Waals surface area contributed by atoms with Crippen LogP contribution < -0.4 is 0 Å². The normalized spacial score (nSPS) is 18.4. The first-order chi connectivity index (χ1) is 15.1. The summed E-state index contributed by atoms with van der Waals surface area (Å²) >= 11 is 0. The average molecular weight is 447 g/mol. The maximum atomic E-state index is 11.0. The highest BCUT2D eigenvalue weighted by molar-refractivity contribution is 5.24. The van der Waals surface area contributed by atoms with Crippen LogP contribution in [0, 0.1) is 25.7 Å². The van der Waals surface area contributed by atoms with Crippen molar-refractivity contribution in [3.63, 3.8) is 0 Å². The molecule has 0 aliphatic carbocycles. The number of benzene rings is 2. The predicted octanol–water partition coefficient (Wildman–Crippen LogP) is 1.53. The first-order valence-electron chi connectivity index (χ1n) is 11.3. The molecule has 0 amide bonds. The highest BCUT2D eigenvalue weighted by Gasteiger charge is 2.38. The second-order valence-corrected chi connectivity index (χ2v) is 9.07.